The van der Waals surface area contributed by atoms with Gasteiger partial charge in [-0.1, -0.05) is 19.3 Å². The zero-order valence-electron chi connectivity index (χ0n) is 13.7. The fraction of sp³-hybridized carbons (Fsp3) is 0.765. The maximum Gasteiger partial charge on any atom is 0.227 e. The zero-order chi connectivity index (χ0) is 15.4. The molecule has 1 fully saturated rings. The summed E-state index contributed by atoms with van der Waals surface area (Å²) in [5, 5.41) is 2.85. The van der Waals surface area contributed by atoms with Crippen LogP contribution in [0.15, 0.2) is 6.20 Å². The fourth-order valence-corrected chi connectivity index (χ4v) is 3.84. The third-order valence-electron chi connectivity index (χ3n) is 4.98. The van der Waals surface area contributed by atoms with Gasteiger partial charge in [-0.05, 0) is 25.7 Å². The second-order valence-corrected chi connectivity index (χ2v) is 6.69. The summed E-state index contributed by atoms with van der Waals surface area (Å²) >= 11 is 0. The van der Waals surface area contributed by atoms with Crippen molar-refractivity contribution in [3.8, 4) is 0 Å². The van der Waals surface area contributed by atoms with Crippen LogP contribution >= 0.6 is 0 Å². The standard InChI is InChI=1S/C17H28N4O/c1-2-18-17(22)10-16-19-11-15-13-20(8-9-21(15)16)12-14-6-4-3-5-7-14/h11,14H,2-10,12-13H2,1H3,(H,18,22). The van der Waals surface area contributed by atoms with Crippen molar-refractivity contribution < 1.29 is 4.79 Å². The second kappa shape index (κ2) is 7.27. The maximum atomic E-state index is 11.7. The molecular formula is C17H28N4O. The first-order valence-corrected chi connectivity index (χ1v) is 8.78. The molecule has 1 aliphatic carbocycles. The second-order valence-electron chi connectivity index (χ2n) is 6.69. The number of rotatable bonds is 5. The molecule has 22 heavy (non-hydrogen) atoms. The normalized spacial score (nSPS) is 19.9. The Morgan fingerprint density at radius 3 is 2.91 bits per heavy atom. The van der Waals surface area contributed by atoms with Crippen LogP contribution in [0, 0.1) is 5.92 Å². The number of hydrogen-bond acceptors (Lipinski definition) is 3. The molecule has 1 aromatic rings. The largest absolute Gasteiger partial charge is 0.356 e. The Hall–Kier alpha value is -1.36. The molecule has 0 radical (unpaired) electrons. The van der Waals surface area contributed by atoms with Gasteiger partial charge in [-0.3, -0.25) is 9.69 Å². The van der Waals surface area contributed by atoms with E-state index in [1.165, 1.54) is 44.3 Å². The van der Waals surface area contributed by atoms with Gasteiger partial charge in [0.05, 0.1) is 12.1 Å². The van der Waals surface area contributed by atoms with Crippen LogP contribution < -0.4 is 5.32 Å². The molecule has 0 unspecified atom stereocenters. The SMILES string of the molecule is CCNC(=O)Cc1ncc2n1CCN(CC1CCCCC1)C2. The summed E-state index contributed by atoms with van der Waals surface area (Å²) in [6.45, 7) is 6.90. The molecule has 0 atom stereocenters. The lowest BCUT2D eigenvalue weighted by atomic mass is 9.89. The predicted molar refractivity (Wildman–Crippen MR) is 86.5 cm³/mol. The summed E-state index contributed by atoms with van der Waals surface area (Å²) in [6, 6.07) is 0. The third-order valence-corrected chi connectivity index (χ3v) is 4.98. The molecule has 5 nitrogen and oxygen atoms in total. The summed E-state index contributed by atoms with van der Waals surface area (Å²) in [6.07, 6.45) is 9.40. The van der Waals surface area contributed by atoms with Crippen molar-refractivity contribution in [3.63, 3.8) is 0 Å². The van der Waals surface area contributed by atoms with Crippen LogP contribution in [-0.4, -0.2) is 40.0 Å². The van der Waals surface area contributed by atoms with E-state index in [1.807, 2.05) is 13.1 Å². The van der Waals surface area contributed by atoms with Gasteiger partial charge >= 0.3 is 0 Å². The van der Waals surface area contributed by atoms with E-state index in [9.17, 15) is 4.79 Å². The van der Waals surface area contributed by atoms with Crippen molar-refractivity contribution in [2.45, 2.75) is 58.5 Å². The number of carbonyl (C=O) groups excluding carboxylic acids is 1. The molecule has 2 heterocycles. The molecule has 0 bridgehead atoms. The average molecular weight is 304 g/mol. The van der Waals surface area contributed by atoms with Gasteiger partial charge in [-0.2, -0.15) is 0 Å². The van der Waals surface area contributed by atoms with Crippen LogP contribution in [0.3, 0.4) is 0 Å². The summed E-state index contributed by atoms with van der Waals surface area (Å²) in [5.74, 6) is 1.87. The molecule has 122 valence electrons. The van der Waals surface area contributed by atoms with Crippen molar-refractivity contribution in [2.75, 3.05) is 19.6 Å². The van der Waals surface area contributed by atoms with Crippen LogP contribution in [0.1, 0.15) is 50.5 Å². The number of likely N-dealkylation sites (N-methyl/N-ethyl adjacent to an activating group) is 1. The van der Waals surface area contributed by atoms with Gasteiger partial charge in [0, 0.05) is 38.9 Å². The van der Waals surface area contributed by atoms with Gasteiger partial charge in [0.1, 0.15) is 5.82 Å². The van der Waals surface area contributed by atoms with Gasteiger partial charge in [-0.15, -0.1) is 0 Å². The van der Waals surface area contributed by atoms with Gasteiger partial charge in [-0.25, -0.2) is 4.98 Å². The Morgan fingerprint density at radius 2 is 2.14 bits per heavy atom. The van der Waals surface area contributed by atoms with E-state index in [-0.39, 0.29) is 5.91 Å². The number of nitrogens with one attached hydrogen (secondary N) is 1. The highest BCUT2D eigenvalue weighted by Crippen LogP contribution is 2.26. The highest BCUT2D eigenvalue weighted by molar-refractivity contribution is 5.77. The van der Waals surface area contributed by atoms with E-state index in [0.717, 1.165) is 31.4 Å². The Bertz CT molecular complexity index is 505. The minimum Gasteiger partial charge on any atom is -0.356 e. The maximum absolute atomic E-state index is 11.7. The van der Waals surface area contributed by atoms with E-state index in [1.54, 1.807) is 0 Å². The van der Waals surface area contributed by atoms with E-state index < -0.39 is 0 Å². The van der Waals surface area contributed by atoms with Crippen LogP contribution in [0.4, 0.5) is 0 Å². The zero-order valence-corrected chi connectivity index (χ0v) is 13.7. The fourth-order valence-electron chi connectivity index (χ4n) is 3.84. The van der Waals surface area contributed by atoms with E-state index in [4.69, 9.17) is 0 Å². The molecule has 1 amide bonds. The Kier molecular flexibility index (Phi) is 5.13. The Morgan fingerprint density at radius 1 is 1.32 bits per heavy atom. The van der Waals surface area contributed by atoms with Gasteiger partial charge < -0.3 is 9.88 Å². The number of hydrogen-bond donors (Lipinski definition) is 1. The topological polar surface area (TPSA) is 50.2 Å². The molecule has 0 spiro atoms. The lowest BCUT2D eigenvalue weighted by Gasteiger charge is -2.33. The Labute approximate surface area is 133 Å². The highest BCUT2D eigenvalue weighted by atomic mass is 16.1. The molecule has 0 saturated heterocycles. The van der Waals surface area contributed by atoms with E-state index >= 15 is 0 Å². The first-order valence-electron chi connectivity index (χ1n) is 8.78. The van der Waals surface area contributed by atoms with E-state index in [0.29, 0.717) is 13.0 Å². The first-order chi connectivity index (χ1) is 10.8. The number of fused-ring (bicyclic) bond motifs is 1. The monoisotopic (exact) mass is 304 g/mol. The minimum atomic E-state index is 0.0699. The number of amides is 1. The quantitative estimate of drug-likeness (QED) is 0.904. The first kappa shape index (κ1) is 15.5. The van der Waals surface area contributed by atoms with Gasteiger partial charge in [0.25, 0.3) is 0 Å². The van der Waals surface area contributed by atoms with Crippen LogP contribution in [0.2, 0.25) is 0 Å². The molecule has 1 aromatic heterocycles. The van der Waals surface area contributed by atoms with Gasteiger partial charge in [0.2, 0.25) is 5.91 Å². The molecule has 0 aromatic carbocycles. The van der Waals surface area contributed by atoms with E-state index in [2.05, 4.69) is 19.8 Å². The van der Waals surface area contributed by atoms with Crippen molar-refractivity contribution >= 4 is 5.91 Å². The van der Waals surface area contributed by atoms with Crippen LogP contribution in [0.25, 0.3) is 0 Å². The van der Waals surface area contributed by atoms with Crippen molar-refractivity contribution in [1.82, 2.24) is 19.8 Å². The smallest absolute Gasteiger partial charge is 0.227 e. The lowest BCUT2D eigenvalue weighted by Crippen LogP contribution is -2.38. The van der Waals surface area contributed by atoms with Crippen molar-refractivity contribution in [2.24, 2.45) is 5.92 Å². The minimum absolute atomic E-state index is 0.0699. The molecule has 1 N–H and O–H groups in total. The van der Waals surface area contributed by atoms with Crippen molar-refractivity contribution in [1.29, 1.82) is 0 Å². The molecule has 5 heteroatoms. The molecule has 2 aliphatic rings. The van der Waals surface area contributed by atoms with Crippen LogP contribution in [-0.2, 0) is 24.3 Å². The number of imidazole rings is 1. The summed E-state index contributed by atoms with van der Waals surface area (Å²) in [7, 11) is 0. The summed E-state index contributed by atoms with van der Waals surface area (Å²) in [5.41, 5.74) is 1.27. The Balaban J connectivity index is 1.57. The third kappa shape index (κ3) is 3.69. The molecule has 1 saturated carbocycles. The summed E-state index contributed by atoms with van der Waals surface area (Å²) in [4.78, 5) is 18.8. The lowest BCUT2D eigenvalue weighted by molar-refractivity contribution is -0.120. The highest BCUT2D eigenvalue weighted by Gasteiger charge is 2.23. The molecule has 3 rings (SSSR count). The summed E-state index contributed by atoms with van der Waals surface area (Å²) < 4.78 is 2.24. The van der Waals surface area contributed by atoms with Crippen molar-refractivity contribution in [3.05, 3.63) is 17.7 Å². The molecule has 1 aliphatic heterocycles. The predicted octanol–water partition coefficient (Wildman–Crippen LogP) is 1.96. The van der Waals surface area contributed by atoms with Crippen LogP contribution in [0.5, 0.6) is 0 Å². The van der Waals surface area contributed by atoms with Gasteiger partial charge in [0.15, 0.2) is 0 Å². The number of carbonyl (C=O) groups is 1. The average Bonchev–Trinajstić information content (AvgIpc) is 2.91. The molecular weight excluding hydrogens is 276 g/mol. The number of nitrogens with zero attached hydrogens (tertiary/aromatic N) is 3. The number of aromatic nitrogens is 2.